The van der Waals surface area contributed by atoms with Gasteiger partial charge in [0.2, 0.25) is 0 Å². The molecule has 1 saturated carbocycles. The van der Waals surface area contributed by atoms with E-state index in [2.05, 4.69) is 12.2 Å². The van der Waals surface area contributed by atoms with Gasteiger partial charge in [-0.05, 0) is 43.9 Å². The van der Waals surface area contributed by atoms with Crippen LogP contribution in [0.2, 0.25) is 0 Å². The second kappa shape index (κ2) is 6.99. The quantitative estimate of drug-likeness (QED) is 0.797. The summed E-state index contributed by atoms with van der Waals surface area (Å²) in [4.78, 5) is 0. The van der Waals surface area contributed by atoms with Crippen LogP contribution in [0.3, 0.4) is 0 Å². The van der Waals surface area contributed by atoms with Gasteiger partial charge < -0.3 is 5.32 Å². The molecule has 0 saturated heterocycles. The summed E-state index contributed by atoms with van der Waals surface area (Å²) in [5.41, 5.74) is 0.417. The van der Waals surface area contributed by atoms with Crippen LogP contribution in [0.5, 0.6) is 0 Å². The molecule has 0 spiro atoms. The van der Waals surface area contributed by atoms with E-state index in [1.807, 2.05) is 0 Å². The van der Waals surface area contributed by atoms with Crippen molar-refractivity contribution in [1.82, 2.24) is 5.32 Å². The van der Waals surface area contributed by atoms with Gasteiger partial charge in [-0.3, -0.25) is 0 Å². The van der Waals surface area contributed by atoms with Gasteiger partial charge in [-0.1, -0.05) is 25.7 Å². The molecule has 0 radical (unpaired) electrons. The van der Waals surface area contributed by atoms with Crippen LogP contribution in [0, 0.1) is 17.6 Å². The average Bonchev–Trinajstić information content (AvgIpc) is 2.68. The Morgan fingerprint density at radius 2 is 1.84 bits per heavy atom. The molecule has 1 aliphatic rings. The maximum Gasteiger partial charge on any atom is 0.127 e. The zero-order chi connectivity index (χ0) is 13.7. The molecule has 1 aromatic carbocycles. The highest BCUT2D eigenvalue weighted by molar-refractivity contribution is 5.18. The summed E-state index contributed by atoms with van der Waals surface area (Å²) < 4.78 is 26.6. The molecule has 0 heterocycles. The Hall–Kier alpha value is -0.960. The number of rotatable bonds is 4. The largest absolute Gasteiger partial charge is 0.310 e. The van der Waals surface area contributed by atoms with Gasteiger partial charge in [0.25, 0.3) is 0 Å². The molecule has 1 aromatic rings. The molecule has 0 unspecified atom stereocenters. The lowest BCUT2D eigenvalue weighted by molar-refractivity contribution is 0.335. The SMILES string of the molecule is C[C@@H](NCc1cc(F)ccc1F)C1CCCCCC1. The van der Waals surface area contributed by atoms with E-state index in [1.165, 1.54) is 50.7 Å². The van der Waals surface area contributed by atoms with Gasteiger partial charge in [0, 0.05) is 18.2 Å². The highest BCUT2D eigenvalue weighted by Gasteiger charge is 2.18. The third-order valence-electron chi connectivity index (χ3n) is 4.23. The van der Waals surface area contributed by atoms with Gasteiger partial charge in [-0.25, -0.2) is 8.78 Å². The Balaban J connectivity index is 1.88. The van der Waals surface area contributed by atoms with Crippen LogP contribution in [-0.4, -0.2) is 6.04 Å². The van der Waals surface area contributed by atoms with Crippen LogP contribution < -0.4 is 5.32 Å². The van der Waals surface area contributed by atoms with Gasteiger partial charge in [0.1, 0.15) is 11.6 Å². The zero-order valence-electron chi connectivity index (χ0n) is 11.6. The Kier molecular flexibility index (Phi) is 5.32. The third-order valence-corrected chi connectivity index (χ3v) is 4.23. The van der Waals surface area contributed by atoms with Crippen molar-refractivity contribution in [3.05, 3.63) is 35.4 Å². The van der Waals surface area contributed by atoms with Gasteiger partial charge >= 0.3 is 0 Å². The highest BCUT2D eigenvalue weighted by Crippen LogP contribution is 2.25. The molecule has 1 N–H and O–H groups in total. The molecule has 0 aromatic heterocycles. The smallest absolute Gasteiger partial charge is 0.127 e. The second-order valence-electron chi connectivity index (χ2n) is 5.66. The van der Waals surface area contributed by atoms with Crippen LogP contribution in [0.4, 0.5) is 8.78 Å². The fraction of sp³-hybridized carbons (Fsp3) is 0.625. The molecule has 0 bridgehead atoms. The van der Waals surface area contributed by atoms with Crippen molar-refractivity contribution < 1.29 is 8.78 Å². The first-order valence-electron chi connectivity index (χ1n) is 7.34. The molecule has 1 aliphatic carbocycles. The van der Waals surface area contributed by atoms with Gasteiger partial charge in [-0.15, -0.1) is 0 Å². The van der Waals surface area contributed by atoms with Crippen LogP contribution in [0.25, 0.3) is 0 Å². The van der Waals surface area contributed by atoms with Gasteiger partial charge in [-0.2, -0.15) is 0 Å². The maximum atomic E-state index is 13.5. The number of benzene rings is 1. The first-order chi connectivity index (χ1) is 9.16. The molecule has 1 atom stereocenters. The lowest BCUT2D eigenvalue weighted by Crippen LogP contribution is -2.33. The lowest BCUT2D eigenvalue weighted by atomic mass is 9.93. The summed E-state index contributed by atoms with van der Waals surface area (Å²) in [7, 11) is 0. The summed E-state index contributed by atoms with van der Waals surface area (Å²) in [6.45, 7) is 2.56. The minimum atomic E-state index is -0.375. The van der Waals surface area contributed by atoms with Crippen molar-refractivity contribution in [1.29, 1.82) is 0 Å². The minimum Gasteiger partial charge on any atom is -0.310 e. The lowest BCUT2D eigenvalue weighted by Gasteiger charge is -2.23. The minimum absolute atomic E-state index is 0.332. The van der Waals surface area contributed by atoms with Crippen LogP contribution in [0.15, 0.2) is 18.2 Å². The Bertz CT molecular complexity index is 398. The van der Waals surface area contributed by atoms with Crippen LogP contribution in [-0.2, 0) is 6.54 Å². The summed E-state index contributed by atoms with van der Waals surface area (Å²) in [6, 6.07) is 4.00. The number of hydrogen-bond donors (Lipinski definition) is 1. The highest BCUT2D eigenvalue weighted by atomic mass is 19.1. The fourth-order valence-corrected chi connectivity index (χ4v) is 2.93. The van der Waals surface area contributed by atoms with E-state index in [9.17, 15) is 8.78 Å². The Labute approximate surface area is 114 Å². The van der Waals surface area contributed by atoms with Gasteiger partial charge in [0.15, 0.2) is 0 Å². The summed E-state index contributed by atoms with van der Waals surface area (Å²) in [6.07, 6.45) is 7.76. The zero-order valence-corrected chi connectivity index (χ0v) is 11.6. The fourth-order valence-electron chi connectivity index (χ4n) is 2.93. The van der Waals surface area contributed by atoms with Crippen molar-refractivity contribution in [2.45, 2.75) is 58.0 Å². The first-order valence-corrected chi connectivity index (χ1v) is 7.34. The molecular weight excluding hydrogens is 244 g/mol. The Morgan fingerprint density at radius 1 is 1.16 bits per heavy atom. The first kappa shape index (κ1) is 14.4. The van der Waals surface area contributed by atoms with E-state index in [4.69, 9.17) is 0 Å². The summed E-state index contributed by atoms with van der Waals surface area (Å²) in [5, 5.41) is 3.36. The maximum absolute atomic E-state index is 13.5. The van der Waals surface area contributed by atoms with E-state index >= 15 is 0 Å². The monoisotopic (exact) mass is 267 g/mol. The predicted molar refractivity (Wildman–Crippen MR) is 73.9 cm³/mol. The van der Waals surface area contributed by atoms with Crippen molar-refractivity contribution in [2.24, 2.45) is 5.92 Å². The second-order valence-corrected chi connectivity index (χ2v) is 5.66. The number of hydrogen-bond acceptors (Lipinski definition) is 1. The van der Waals surface area contributed by atoms with Crippen LogP contribution in [0.1, 0.15) is 51.0 Å². The average molecular weight is 267 g/mol. The molecule has 0 amide bonds. The van der Waals surface area contributed by atoms with Crippen molar-refractivity contribution in [2.75, 3.05) is 0 Å². The van der Waals surface area contributed by atoms with E-state index in [0.29, 0.717) is 24.1 Å². The molecule has 19 heavy (non-hydrogen) atoms. The van der Waals surface area contributed by atoms with Gasteiger partial charge in [0.05, 0.1) is 0 Å². The molecule has 106 valence electrons. The third kappa shape index (κ3) is 4.27. The molecule has 1 nitrogen and oxygen atoms in total. The van der Waals surface area contributed by atoms with E-state index in [-0.39, 0.29) is 11.6 Å². The summed E-state index contributed by atoms with van der Waals surface area (Å²) >= 11 is 0. The normalized spacial score (nSPS) is 19.1. The van der Waals surface area contributed by atoms with Crippen LogP contribution >= 0.6 is 0 Å². The number of halogens is 2. The van der Waals surface area contributed by atoms with E-state index < -0.39 is 0 Å². The molecular formula is C16H23F2N. The molecule has 2 rings (SSSR count). The van der Waals surface area contributed by atoms with E-state index in [0.717, 1.165) is 6.07 Å². The molecule has 3 heteroatoms. The molecule has 0 aliphatic heterocycles. The number of nitrogens with one attached hydrogen (secondary N) is 1. The van der Waals surface area contributed by atoms with Crippen molar-refractivity contribution >= 4 is 0 Å². The Morgan fingerprint density at radius 3 is 2.53 bits per heavy atom. The van der Waals surface area contributed by atoms with E-state index in [1.54, 1.807) is 0 Å². The standard InChI is InChI=1S/C16H23F2N/c1-12(13-6-4-2-3-5-7-13)19-11-14-10-15(17)8-9-16(14)18/h8-10,12-13,19H,2-7,11H2,1H3/t12-/m1/s1. The van der Waals surface area contributed by atoms with Crippen molar-refractivity contribution in [3.8, 4) is 0 Å². The summed E-state index contributed by atoms with van der Waals surface area (Å²) in [5.74, 6) is -0.0404. The van der Waals surface area contributed by atoms with Crippen molar-refractivity contribution in [3.63, 3.8) is 0 Å². The topological polar surface area (TPSA) is 12.0 Å². The predicted octanol–water partition coefficient (Wildman–Crippen LogP) is 4.41. The molecule has 1 fully saturated rings.